The zero-order chi connectivity index (χ0) is 12.9. The van der Waals surface area contributed by atoms with Gasteiger partial charge in [-0.15, -0.1) is 11.3 Å². The number of nitrogens with two attached hydrogens (primary N) is 1. The van der Waals surface area contributed by atoms with Crippen LogP contribution in [0.4, 0.5) is 0 Å². The molecule has 0 aliphatic rings. The molecule has 4 nitrogen and oxygen atoms in total. The third-order valence-electron chi connectivity index (χ3n) is 2.41. The molecule has 0 saturated carbocycles. The average molecular weight is 255 g/mol. The van der Waals surface area contributed by atoms with E-state index in [4.69, 9.17) is 5.73 Å². The summed E-state index contributed by atoms with van der Waals surface area (Å²) in [6, 6.07) is 0. The monoisotopic (exact) mass is 255 g/mol. The van der Waals surface area contributed by atoms with Gasteiger partial charge in [0.1, 0.15) is 5.01 Å². The van der Waals surface area contributed by atoms with E-state index in [1.54, 1.807) is 17.5 Å². The van der Waals surface area contributed by atoms with Crippen LogP contribution in [0, 0.1) is 11.3 Å². The van der Waals surface area contributed by atoms with Crippen LogP contribution in [-0.2, 0) is 11.3 Å². The predicted molar refractivity (Wildman–Crippen MR) is 70.6 cm³/mol. The highest BCUT2D eigenvalue weighted by Gasteiger charge is 2.23. The van der Waals surface area contributed by atoms with Crippen molar-refractivity contribution in [1.29, 1.82) is 0 Å². The Morgan fingerprint density at radius 2 is 2.29 bits per heavy atom. The Hall–Kier alpha value is -0.940. The molecule has 0 aromatic carbocycles. The molecule has 1 heterocycles. The van der Waals surface area contributed by atoms with Gasteiger partial charge < -0.3 is 11.1 Å². The number of carbonyl (C=O) groups excluding carboxylic acids is 1. The molecule has 1 atom stereocenters. The molecule has 3 N–H and O–H groups in total. The second-order valence-electron chi connectivity index (χ2n) is 5.34. The van der Waals surface area contributed by atoms with E-state index in [0.717, 1.165) is 11.4 Å². The first-order valence-corrected chi connectivity index (χ1v) is 6.66. The second kappa shape index (κ2) is 6.12. The van der Waals surface area contributed by atoms with E-state index in [0.29, 0.717) is 13.1 Å². The fourth-order valence-corrected chi connectivity index (χ4v) is 2.23. The lowest BCUT2D eigenvalue weighted by Crippen LogP contribution is -2.36. The Morgan fingerprint density at radius 3 is 2.76 bits per heavy atom. The summed E-state index contributed by atoms with van der Waals surface area (Å²) in [4.78, 5) is 16.1. The van der Waals surface area contributed by atoms with Crippen LogP contribution in [0.2, 0.25) is 0 Å². The molecule has 1 aromatic rings. The number of amides is 1. The smallest absolute Gasteiger partial charge is 0.224 e. The molecule has 1 amide bonds. The van der Waals surface area contributed by atoms with Crippen molar-refractivity contribution in [2.24, 2.45) is 17.1 Å². The molecule has 1 rings (SSSR count). The van der Waals surface area contributed by atoms with E-state index in [9.17, 15) is 4.79 Å². The predicted octanol–water partition coefficient (Wildman–Crippen LogP) is 1.77. The van der Waals surface area contributed by atoms with Crippen molar-refractivity contribution in [3.63, 3.8) is 0 Å². The van der Waals surface area contributed by atoms with Crippen LogP contribution in [-0.4, -0.2) is 17.4 Å². The zero-order valence-corrected chi connectivity index (χ0v) is 11.5. The number of thiazole rings is 1. The first-order chi connectivity index (χ1) is 7.92. The maximum Gasteiger partial charge on any atom is 0.224 e. The highest BCUT2D eigenvalue weighted by Crippen LogP contribution is 2.24. The quantitative estimate of drug-likeness (QED) is 0.842. The largest absolute Gasteiger partial charge is 0.349 e. The van der Waals surface area contributed by atoms with Crippen LogP contribution < -0.4 is 11.1 Å². The summed E-state index contributed by atoms with van der Waals surface area (Å²) in [5.41, 5.74) is 5.77. The Bertz CT molecular complexity index is 343. The minimum atomic E-state index is -0.116. The maximum atomic E-state index is 11.9. The second-order valence-corrected chi connectivity index (χ2v) is 6.32. The van der Waals surface area contributed by atoms with Gasteiger partial charge in [0.15, 0.2) is 0 Å². The molecule has 1 aromatic heterocycles. The minimum Gasteiger partial charge on any atom is -0.349 e. The van der Waals surface area contributed by atoms with E-state index >= 15 is 0 Å². The summed E-state index contributed by atoms with van der Waals surface area (Å²) in [7, 11) is 0. The van der Waals surface area contributed by atoms with E-state index in [-0.39, 0.29) is 17.2 Å². The number of aromatic nitrogens is 1. The molecule has 17 heavy (non-hydrogen) atoms. The molecule has 1 unspecified atom stereocenters. The van der Waals surface area contributed by atoms with E-state index < -0.39 is 0 Å². The van der Waals surface area contributed by atoms with E-state index in [1.165, 1.54) is 0 Å². The van der Waals surface area contributed by atoms with Gasteiger partial charge in [-0.3, -0.25) is 4.79 Å². The summed E-state index contributed by atoms with van der Waals surface area (Å²) in [5.74, 6) is -0.0902. The Balaban J connectivity index is 2.44. The van der Waals surface area contributed by atoms with Crippen molar-refractivity contribution in [3.05, 3.63) is 16.6 Å². The van der Waals surface area contributed by atoms with Gasteiger partial charge in [-0.05, 0) is 11.8 Å². The Kier molecular flexibility index (Phi) is 5.08. The van der Waals surface area contributed by atoms with Crippen LogP contribution in [0.3, 0.4) is 0 Å². The van der Waals surface area contributed by atoms with Crippen LogP contribution in [0.25, 0.3) is 0 Å². The zero-order valence-electron chi connectivity index (χ0n) is 10.7. The Labute approximate surface area is 107 Å². The first-order valence-electron chi connectivity index (χ1n) is 5.78. The van der Waals surface area contributed by atoms with Gasteiger partial charge in [-0.2, -0.15) is 0 Å². The van der Waals surface area contributed by atoms with Crippen LogP contribution in [0.15, 0.2) is 11.6 Å². The SMILES string of the molecule is CC(C)(C)CC(CN)C(=O)NCc1nccs1. The lowest BCUT2D eigenvalue weighted by atomic mass is 9.84. The fraction of sp³-hybridized carbons (Fsp3) is 0.667. The van der Waals surface area contributed by atoms with Crippen LogP contribution >= 0.6 is 11.3 Å². The van der Waals surface area contributed by atoms with Crippen molar-refractivity contribution >= 4 is 17.2 Å². The third-order valence-corrected chi connectivity index (χ3v) is 3.19. The molecule has 0 radical (unpaired) electrons. The van der Waals surface area contributed by atoms with Gasteiger partial charge in [0, 0.05) is 18.1 Å². The third kappa shape index (κ3) is 5.28. The Morgan fingerprint density at radius 1 is 1.59 bits per heavy atom. The number of carbonyl (C=O) groups is 1. The summed E-state index contributed by atoms with van der Waals surface area (Å²) in [6.45, 7) is 7.23. The molecule has 0 bridgehead atoms. The first kappa shape index (κ1) is 14.1. The van der Waals surface area contributed by atoms with Gasteiger partial charge in [-0.25, -0.2) is 4.98 Å². The highest BCUT2D eigenvalue weighted by molar-refractivity contribution is 7.09. The highest BCUT2D eigenvalue weighted by atomic mass is 32.1. The van der Waals surface area contributed by atoms with Gasteiger partial charge in [0.25, 0.3) is 0 Å². The lowest BCUT2D eigenvalue weighted by molar-refractivity contribution is -0.125. The number of nitrogens with zero attached hydrogens (tertiary/aromatic N) is 1. The van der Waals surface area contributed by atoms with Crippen LogP contribution in [0.1, 0.15) is 32.2 Å². The van der Waals surface area contributed by atoms with Crippen LogP contribution in [0.5, 0.6) is 0 Å². The molecule has 0 fully saturated rings. The topological polar surface area (TPSA) is 68.0 Å². The number of hydrogen-bond acceptors (Lipinski definition) is 4. The summed E-state index contributed by atoms with van der Waals surface area (Å²) in [5, 5.41) is 5.71. The number of nitrogens with one attached hydrogen (secondary N) is 1. The molecule has 0 spiro atoms. The number of hydrogen-bond donors (Lipinski definition) is 2. The molecule has 0 aliphatic carbocycles. The minimum absolute atomic E-state index is 0.0256. The molecule has 5 heteroatoms. The lowest BCUT2D eigenvalue weighted by Gasteiger charge is -2.24. The molecule has 0 saturated heterocycles. The van der Waals surface area contributed by atoms with E-state index in [2.05, 4.69) is 31.1 Å². The average Bonchev–Trinajstić information content (AvgIpc) is 2.74. The molecular formula is C12H21N3OS. The molecule has 96 valence electrons. The molecule has 0 aliphatic heterocycles. The van der Waals surface area contributed by atoms with Gasteiger partial charge in [0.05, 0.1) is 12.5 Å². The fourth-order valence-electron chi connectivity index (χ4n) is 1.67. The van der Waals surface area contributed by atoms with E-state index in [1.807, 2.05) is 5.38 Å². The summed E-state index contributed by atoms with van der Waals surface area (Å²) < 4.78 is 0. The van der Waals surface area contributed by atoms with Gasteiger partial charge >= 0.3 is 0 Å². The van der Waals surface area contributed by atoms with Gasteiger partial charge in [0.2, 0.25) is 5.91 Å². The summed E-state index contributed by atoms with van der Waals surface area (Å²) >= 11 is 1.54. The standard InChI is InChI=1S/C12H21N3OS/c1-12(2,3)6-9(7-13)11(16)15-8-10-14-4-5-17-10/h4-5,9H,6-8,13H2,1-3H3,(H,15,16). The maximum absolute atomic E-state index is 11.9. The van der Waals surface area contributed by atoms with Crippen molar-refractivity contribution in [1.82, 2.24) is 10.3 Å². The summed E-state index contributed by atoms with van der Waals surface area (Å²) in [6.07, 6.45) is 2.54. The normalized spacial score (nSPS) is 13.4. The number of rotatable bonds is 5. The van der Waals surface area contributed by atoms with Crippen molar-refractivity contribution < 1.29 is 4.79 Å². The molecular weight excluding hydrogens is 234 g/mol. The van der Waals surface area contributed by atoms with Gasteiger partial charge in [-0.1, -0.05) is 20.8 Å². The van der Waals surface area contributed by atoms with Crippen molar-refractivity contribution in [2.75, 3.05) is 6.54 Å². The van der Waals surface area contributed by atoms with Crippen molar-refractivity contribution in [3.8, 4) is 0 Å². The van der Waals surface area contributed by atoms with Crippen molar-refractivity contribution in [2.45, 2.75) is 33.7 Å².